The van der Waals surface area contributed by atoms with Crippen LogP contribution in [-0.2, 0) is 6.42 Å². The van der Waals surface area contributed by atoms with Crippen molar-refractivity contribution in [2.75, 3.05) is 0 Å². The van der Waals surface area contributed by atoms with Gasteiger partial charge in [0.2, 0.25) is 0 Å². The van der Waals surface area contributed by atoms with Crippen LogP contribution < -0.4 is 0 Å². The second-order valence-corrected chi connectivity index (χ2v) is 6.78. The Morgan fingerprint density at radius 1 is 0.667 bits per heavy atom. The number of phenolic OH excluding ortho intramolecular Hbond substituents is 2. The minimum Gasteiger partial charge on any atom is -0.508 e. The minimum atomic E-state index is 0.234. The van der Waals surface area contributed by atoms with Crippen molar-refractivity contribution in [3.8, 4) is 45.1 Å². The van der Waals surface area contributed by atoms with Crippen LogP contribution in [0.15, 0.2) is 78.9 Å². The Bertz CT molecular complexity index is 1170. The molecule has 0 atom stereocenters. The molecule has 1 aliphatic carbocycles. The van der Waals surface area contributed by atoms with E-state index in [0.29, 0.717) is 12.2 Å². The van der Waals surface area contributed by atoms with Crippen molar-refractivity contribution in [2.24, 2.45) is 0 Å². The number of aromatic hydroxyl groups is 2. The standard InChI is InChI=1S/C24H17NO2/c26-17-9-4-8-16(12-17)19-14-22(15-6-2-1-3-7-15)25-24-18-10-5-11-23(27)20(18)13-21(19)24/h1-12,14,26-27H,13H2. The molecular formula is C24H17NO2. The molecule has 27 heavy (non-hydrogen) atoms. The van der Waals surface area contributed by atoms with Crippen LogP contribution in [0.3, 0.4) is 0 Å². The first-order valence-electron chi connectivity index (χ1n) is 8.90. The van der Waals surface area contributed by atoms with E-state index in [4.69, 9.17) is 4.98 Å². The fourth-order valence-electron chi connectivity index (χ4n) is 3.82. The van der Waals surface area contributed by atoms with Crippen LogP contribution in [0.2, 0.25) is 0 Å². The fraction of sp³-hybridized carbons (Fsp3) is 0.0417. The van der Waals surface area contributed by atoms with Crippen LogP contribution in [0.5, 0.6) is 11.5 Å². The molecule has 1 aliphatic rings. The smallest absolute Gasteiger partial charge is 0.119 e. The van der Waals surface area contributed by atoms with Crippen LogP contribution in [0, 0.1) is 0 Å². The van der Waals surface area contributed by atoms with Gasteiger partial charge in [-0.05, 0) is 41.0 Å². The average molecular weight is 351 g/mol. The summed E-state index contributed by atoms with van der Waals surface area (Å²) in [6.07, 6.45) is 0.629. The predicted molar refractivity (Wildman–Crippen MR) is 107 cm³/mol. The first kappa shape index (κ1) is 15.6. The molecule has 3 aromatic carbocycles. The molecule has 0 spiro atoms. The van der Waals surface area contributed by atoms with Crippen molar-refractivity contribution in [1.82, 2.24) is 4.98 Å². The molecule has 2 N–H and O–H groups in total. The monoisotopic (exact) mass is 351 g/mol. The highest BCUT2D eigenvalue weighted by Crippen LogP contribution is 2.45. The molecule has 5 rings (SSSR count). The van der Waals surface area contributed by atoms with E-state index in [9.17, 15) is 10.2 Å². The largest absolute Gasteiger partial charge is 0.508 e. The maximum Gasteiger partial charge on any atom is 0.119 e. The Hall–Kier alpha value is -3.59. The van der Waals surface area contributed by atoms with Crippen molar-refractivity contribution in [3.05, 3.63) is 90.0 Å². The number of hydrogen-bond donors (Lipinski definition) is 2. The Balaban J connectivity index is 1.81. The van der Waals surface area contributed by atoms with Gasteiger partial charge in [-0.3, -0.25) is 0 Å². The summed E-state index contributed by atoms with van der Waals surface area (Å²) in [5.74, 6) is 0.534. The third-order valence-corrected chi connectivity index (χ3v) is 5.11. The molecule has 0 aliphatic heterocycles. The Labute approximate surface area is 157 Å². The second kappa shape index (κ2) is 5.99. The highest BCUT2D eigenvalue weighted by molar-refractivity contribution is 5.86. The van der Waals surface area contributed by atoms with Gasteiger partial charge in [-0.25, -0.2) is 4.98 Å². The molecule has 0 saturated heterocycles. The minimum absolute atomic E-state index is 0.234. The van der Waals surface area contributed by atoms with E-state index in [-0.39, 0.29) is 5.75 Å². The third kappa shape index (κ3) is 2.56. The summed E-state index contributed by atoms with van der Waals surface area (Å²) in [5, 5.41) is 20.3. The lowest BCUT2D eigenvalue weighted by Crippen LogP contribution is -1.94. The zero-order chi connectivity index (χ0) is 18.4. The molecule has 0 amide bonds. The van der Waals surface area contributed by atoms with Crippen molar-refractivity contribution in [2.45, 2.75) is 6.42 Å². The SMILES string of the molecule is Oc1cccc(-c2cc(-c3ccccc3)nc3c2Cc2c(O)cccc2-3)c1. The van der Waals surface area contributed by atoms with Gasteiger partial charge in [0.1, 0.15) is 11.5 Å². The number of rotatable bonds is 2. The van der Waals surface area contributed by atoms with Crippen LogP contribution in [0.25, 0.3) is 33.6 Å². The van der Waals surface area contributed by atoms with Crippen molar-refractivity contribution in [3.63, 3.8) is 0 Å². The zero-order valence-electron chi connectivity index (χ0n) is 14.6. The molecule has 0 saturated carbocycles. The first-order valence-corrected chi connectivity index (χ1v) is 8.90. The summed E-state index contributed by atoms with van der Waals surface area (Å²) in [5.41, 5.74) is 7.76. The van der Waals surface area contributed by atoms with Crippen LogP contribution in [0.4, 0.5) is 0 Å². The normalized spacial score (nSPS) is 11.9. The number of phenols is 2. The lowest BCUT2D eigenvalue weighted by atomic mass is 9.96. The van der Waals surface area contributed by atoms with Gasteiger partial charge in [-0.2, -0.15) is 0 Å². The zero-order valence-corrected chi connectivity index (χ0v) is 14.6. The third-order valence-electron chi connectivity index (χ3n) is 5.11. The summed E-state index contributed by atoms with van der Waals surface area (Å²) in [6.45, 7) is 0. The molecule has 0 unspecified atom stereocenters. The first-order chi connectivity index (χ1) is 13.2. The molecule has 0 bridgehead atoms. The molecule has 1 heterocycles. The summed E-state index contributed by atoms with van der Waals surface area (Å²) in [4.78, 5) is 4.94. The van der Waals surface area contributed by atoms with Crippen LogP contribution in [0.1, 0.15) is 11.1 Å². The van der Waals surface area contributed by atoms with Gasteiger partial charge in [-0.15, -0.1) is 0 Å². The van der Waals surface area contributed by atoms with Gasteiger partial charge >= 0.3 is 0 Å². The molecule has 1 aromatic heterocycles. The van der Waals surface area contributed by atoms with E-state index >= 15 is 0 Å². The van der Waals surface area contributed by atoms with E-state index in [1.807, 2.05) is 54.6 Å². The lowest BCUT2D eigenvalue weighted by Gasteiger charge is -2.12. The highest BCUT2D eigenvalue weighted by atomic mass is 16.3. The summed E-state index contributed by atoms with van der Waals surface area (Å²) < 4.78 is 0. The van der Waals surface area contributed by atoms with Gasteiger partial charge in [-0.1, -0.05) is 54.6 Å². The van der Waals surface area contributed by atoms with Crippen molar-refractivity contribution >= 4 is 0 Å². The quantitative estimate of drug-likeness (QED) is 0.448. The number of nitrogens with zero attached hydrogens (tertiary/aromatic N) is 1. The highest BCUT2D eigenvalue weighted by Gasteiger charge is 2.26. The average Bonchev–Trinajstić information content (AvgIpc) is 3.08. The van der Waals surface area contributed by atoms with Crippen LogP contribution in [-0.4, -0.2) is 15.2 Å². The topological polar surface area (TPSA) is 53.4 Å². The Morgan fingerprint density at radius 2 is 1.44 bits per heavy atom. The molecule has 130 valence electrons. The van der Waals surface area contributed by atoms with Crippen LogP contribution >= 0.6 is 0 Å². The van der Waals surface area contributed by atoms with Crippen molar-refractivity contribution in [1.29, 1.82) is 0 Å². The number of pyridine rings is 1. The van der Waals surface area contributed by atoms with Gasteiger partial charge < -0.3 is 10.2 Å². The van der Waals surface area contributed by atoms with Gasteiger partial charge in [0, 0.05) is 23.1 Å². The summed E-state index contributed by atoms with van der Waals surface area (Å²) in [7, 11) is 0. The molecular weight excluding hydrogens is 334 g/mol. The molecule has 4 aromatic rings. The summed E-state index contributed by atoms with van der Waals surface area (Å²) in [6, 6.07) is 25.0. The van der Waals surface area contributed by atoms with E-state index in [2.05, 4.69) is 6.07 Å². The second-order valence-electron chi connectivity index (χ2n) is 6.78. The fourth-order valence-corrected chi connectivity index (χ4v) is 3.82. The summed E-state index contributed by atoms with van der Waals surface area (Å²) >= 11 is 0. The number of aromatic nitrogens is 1. The molecule has 3 heteroatoms. The maximum atomic E-state index is 10.3. The van der Waals surface area contributed by atoms with Gasteiger partial charge in [0.25, 0.3) is 0 Å². The number of fused-ring (bicyclic) bond motifs is 3. The number of benzene rings is 3. The van der Waals surface area contributed by atoms with E-state index < -0.39 is 0 Å². The maximum absolute atomic E-state index is 10.3. The molecule has 3 nitrogen and oxygen atoms in total. The molecule has 0 fully saturated rings. The van der Waals surface area contributed by atoms with Gasteiger partial charge in [0.05, 0.1) is 11.4 Å². The Morgan fingerprint density at radius 3 is 2.26 bits per heavy atom. The Kier molecular flexibility index (Phi) is 3.47. The predicted octanol–water partition coefficient (Wildman–Crippen LogP) is 5.40. The van der Waals surface area contributed by atoms with E-state index in [1.165, 1.54) is 0 Å². The van der Waals surface area contributed by atoms with Gasteiger partial charge in [0.15, 0.2) is 0 Å². The van der Waals surface area contributed by atoms with E-state index in [1.54, 1.807) is 18.2 Å². The molecule has 0 radical (unpaired) electrons. The lowest BCUT2D eigenvalue weighted by molar-refractivity contribution is 0.470. The number of hydrogen-bond acceptors (Lipinski definition) is 3. The van der Waals surface area contributed by atoms with E-state index in [0.717, 1.165) is 44.8 Å². The van der Waals surface area contributed by atoms with Crippen molar-refractivity contribution < 1.29 is 10.2 Å².